The van der Waals surface area contributed by atoms with Crippen molar-refractivity contribution >= 4 is 0 Å². The van der Waals surface area contributed by atoms with Crippen LogP contribution in [0.25, 0.3) is 0 Å². The molecule has 8 atom stereocenters. The highest BCUT2D eigenvalue weighted by atomic mass is 15.4. The summed E-state index contributed by atoms with van der Waals surface area (Å²) in [6.07, 6.45) is 56.7. The Balaban J connectivity index is 0.000000137. The molecular weight excluding hydrogens is 961 g/mol. The molecule has 12 rings (SSSR count). The van der Waals surface area contributed by atoms with Gasteiger partial charge >= 0.3 is 0 Å². The van der Waals surface area contributed by atoms with E-state index in [4.69, 9.17) is 0 Å². The zero-order chi connectivity index (χ0) is 56.3. The number of hydrogen-bond donors (Lipinski definition) is 0. The van der Waals surface area contributed by atoms with E-state index in [2.05, 4.69) is 69.6 Å². The summed E-state index contributed by atoms with van der Waals surface area (Å²) in [4.78, 5) is 0. The normalized spacial score (nSPS) is 35.6. The van der Waals surface area contributed by atoms with Crippen LogP contribution in [0.4, 0.5) is 0 Å². The zero-order valence-corrected chi connectivity index (χ0v) is 55.9. The predicted octanol–water partition coefficient (Wildman–Crippen LogP) is 17.5. The summed E-state index contributed by atoms with van der Waals surface area (Å²) in [6.45, 7) is 38.9. The number of quaternary nitrogens is 6. The van der Waals surface area contributed by atoms with Gasteiger partial charge < -0.3 is 26.9 Å². The molecule has 6 saturated heterocycles. The highest BCUT2D eigenvalue weighted by Crippen LogP contribution is 2.40. The molecule has 6 aliphatic heterocycles. The first-order valence-corrected chi connectivity index (χ1v) is 37.3. The van der Waals surface area contributed by atoms with E-state index in [1.807, 2.05) is 0 Å². The van der Waals surface area contributed by atoms with Gasteiger partial charge in [0.2, 0.25) is 0 Å². The summed E-state index contributed by atoms with van der Waals surface area (Å²) in [5, 5.41) is 0. The Morgan fingerprint density at radius 2 is 0.544 bits per heavy atom. The summed E-state index contributed by atoms with van der Waals surface area (Å²) in [5.74, 6) is 3.96. The lowest BCUT2D eigenvalue weighted by atomic mass is 9.83. The first-order chi connectivity index (χ1) is 38.2. The number of nitrogens with zero attached hydrogens (tertiary/aromatic N) is 6. The van der Waals surface area contributed by atoms with Gasteiger partial charge in [0, 0.05) is 102 Å². The van der Waals surface area contributed by atoms with Crippen molar-refractivity contribution in [1.82, 2.24) is 0 Å². The molecule has 0 aromatic carbocycles. The molecule has 462 valence electrons. The lowest BCUT2D eigenvalue weighted by Crippen LogP contribution is -2.56. The van der Waals surface area contributed by atoms with E-state index in [0.717, 1.165) is 59.9 Å². The van der Waals surface area contributed by atoms with Crippen LogP contribution in [-0.2, 0) is 0 Å². The molecule has 0 aromatic heterocycles. The molecule has 0 radical (unpaired) electrons. The van der Waals surface area contributed by atoms with E-state index in [0.29, 0.717) is 0 Å². The fraction of sp³-hybridized carbons (Fsp3) is 1.00. The third kappa shape index (κ3) is 18.2. The van der Waals surface area contributed by atoms with Gasteiger partial charge in [-0.3, -0.25) is 0 Å². The second-order valence-electron chi connectivity index (χ2n) is 32.1. The van der Waals surface area contributed by atoms with Crippen LogP contribution in [0, 0.1) is 23.7 Å². The Labute approximate surface area is 496 Å². The lowest BCUT2D eigenvalue weighted by Gasteiger charge is -2.45. The fourth-order valence-electron chi connectivity index (χ4n) is 21.4. The van der Waals surface area contributed by atoms with Crippen molar-refractivity contribution in [2.24, 2.45) is 23.7 Å². The van der Waals surface area contributed by atoms with E-state index >= 15 is 0 Å². The van der Waals surface area contributed by atoms with Gasteiger partial charge in [-0.15, -0.1) is 0 Å². The molecule has 6 heterocycles. The van der Waals surface area contributed by atoms with Crippen LogP contribution in [0.2, 0.25) is 0 Å². The summed E-state index contributed by atoms with van der Waals surface area (Å²) in [5.41, 5.74) is 0. The molecular formula is C73H146N6+6. The van der Waals surface area contributed by atoms with Crippen LogP contribution in [-0.4, -0.2) is 182 Å². The summed E-state index contributed by atoms with van der Waals surface area (Å²) in [6, 6.07) is 6.10. The summed E-state index contributed by atoms with van der Waals surface area (Å²) < 4.78 is 8.66. The van der Waals surface area contributed by atoms with Gasteiger partial charge in [-0.2, -0.15) is 0 Å². The highest BCUT2D eigenvalue weighted by molar-refractivity contribution is 4.79. The second-order valence-corrected chi connectivity index (χ2v) is 32.1. The maximum absolute atomic E-state index is 2.50. The third-order valence-corrected chi connectivity index (χ3v) is 26.9. The molecule has 8 unspecified atom stereocenters. The van der Waals surface area contributed by atoms with Crippen LogP contribution in [0.15, 0.2) is 0 Å². The summed E-state index contributed by atoms with van der Waals surface area (Å²) in [7, 11) is 7.48. The zero-order valence-electron chi connectivity index (χ0n) is 55.9. The van der Waals surface area contributed by atoms with E-state index < -0.39 is 0 Å². The molecule has 0 N–H and O–H groups in total. The molecule has 0 spiro atoms. The van der Waals surface area contributed by atoms with Gasteiger partial charge in [0.25, 0.3) is 0 Å². The van der Waals surface area contributed by atoms with Gasteiger partial charge in [-0.25, -0.2) is 0 Å². The van der Waals surface area contributed by atoms with Crippen molar-refractivity contribution < 1.29 is 26.9 Å². The highest BCUT2D eigenvalue weighted by Gasteiger charge is 2.45. The van der Waals surface area contributed by atoms with Gasteiger partial charge in [0.05, 0.1) is 156 Å². The molecule has 6 heteroatoms. The molecule has 6 nitrogen and oxygen atoms in total. The quantitative estimate of drug-likeness (QED) is 0.202. The van der Waals surface area contributed by atoms with E-state index in [-0.39, 0.29) is 0 Å². The standard InChI is InChI=1S/2C13H26N.3C12H24N.C11H22N/c1-3-14(9-4-5-10-14)13-8-6-7-12(2)11-13;1-3-14(10-6-7-11-14)13-9-5-4-8-12(13)2;1-11-6-5-7-12(10-11)13(2)8-3-4-9-13;1-11-7-3-4-8-12(11)13(2)9-5-6-10-13;1-2-13(10-6-7-11-13)12-8-4-3-5-9-12;1-12(9-5-6-10-12)11-7-3-2-4-8-11/h2*12-13H,3-11H2,1-2H3;2*11-12H,3-10H2,1-2H3;12H,2-11H2,1H3;11H,2-10H2,1H3/q6*+1. The van der Waals surface area contributed by atoms with Crippen LogP contribution in [0.1, 0.15) is 292 Å². The first kappa shape index (κ1) is 66.3. The average Bonchev–Trinajstić information content (AvgIpc) is 4.42. The van der Waals surface area contributed by atoms with Gasteiger partial charge in [0.1, 0.15) is 0 Å². The second kappa shape index (κ2) is 32.5. The van der Waals surface area contributed by atoms with Crippen molar-refractivity contribution in [3.63, 3.8) is 0 Å². The van der Waals surface area contributed by atoms with Gasteiger partial charge in [-0.05, 0) is 148 Å². The number of hydrogen-bond acceptors (Lipinski definition) is 0. The first-order valence-electron chi connectivity index (χ1n) is 37.3. The Morgan fingerprint density at radius 3 is 0.962 bits per heavy atom. The van der Waals surface area contributed by atoms with Crippen LogP contribution in [0.5, 0.6) is 0 Å². The van der Waals surface area contributed by atoms with Crippen molar-refractivity contribution in [3.8, 4) is 0 Å². The van der Waals surface area contributed by atoms with Crippen molar-refractivity contribution in [2.75, 3.05) is 119 Å². The van der Waals surface area contributed by atoms with Crippen molar-refractivity contribution in [1.29, 1.82) is 0 Å². The minimum absolute atomic E-state index is 0.983. The Hall–Kier alpha value is -0.240. The number of rotatable bonds is 9. The van der Waals surface area contributed by atoms with Gasteiger partial charge in [-0.1, -0.05) is 66.2 Å². The molecule has 12 fully saturated rings. The molecule has 6 saturated carbocycles. The Bertz CT molecular complexity index is 1610. The third-order valence-electron chi connectivity index (χ3n) is 26.9. The lowest BCUT2D eigenvalue weighted by molar-refractivity contribution is -0.943. The summed E-state index contributed by atoms with van der Waals surface area (Å²) >= 11 is 0. The fourth-order valence-corrected chi connectivity index (χ4v) is 21.4. The van der Waals surface area contributed by atoms with E-state index in [1.165, 1.54) is 369 Å². The van der Waals surface area contributed by atoms with E-state index in [9.17, 15) is 0 Å². The van der Waals surface area contributed by atoms with Crippen LogP contribution >= 0.6 is 0 Å². The molecule has 6 aliphatic carbocycles. The average molecular weight is 1110 g/mol. The van der Waals surface area contributed by atoms with E-state index in [1.54, 1.807) is 0 Å². The smallest absolute Gasteiger partial charge is 0.0916 e. The molecule has 12 aliphatic rings. The maximum atomic E-state index is 2.50. The number of likely N-dealkylation sites (tertiary alicyclic amines) is 6. The minimum Gasteiger partial charge on any atom is -0.324 e. The molecule has 0 bridgehead atoms. The minimum atomic E-state index is 0.983. The Kier molecular flexibility index (Phi) is 27.3. The van der Waals surface area contributed by atoms with Gasteiger partial charge in [0.15, 0.2) is 0 Å². The maximum Gasteiger partial charge on any atom is 0.0916 e. The van der Waals surface area contributed by atoms with Crippen molar-refractivity contribution in [2.45, 2.75) is 329 Å². The molecule has 0 aromatic rings. The molecule has 0 amide bonds. The molecule has 79 heavy (non-hydrogen) atoms. The van der Waals surface area contributed by atoms with Crippen LogP contribution in [0.3, 0.4) is 0 Å². The Morgan fingerprint density at radius 1 is 0.241 bits per heavy atom. The SMILES string of the molecule is CC1CCCC([N+]2(C)CCCC2)C1.CC1CCCCC1[N+]1(C)CCCC1.CC[N+]1(C2CCCC(C)C2)CCCC1.CC[N+]1(C2CCCCC2)CCCC1.CC[N+]1(C2CCCCC2C)CCCC1.C[N+]1(C2CCCCC2)CCCC1. The van der Waals surface area contributed by atoms with Crippen LogP contribution < -0.4 is 0 Å². The monoisotopic (exact) mass is 1110 g/mol. The largest absolute Gasteiger partial charge is 0.324 e. The topological polar surface area (TPSA) is 0 Å². The predicted molar refractivity (Wildman–Crippen MR) is 344 cm³/mol. The van der Waals surface area contributed by atoms with Crippen molar-refractivity contribution in [3.05, 3.63) is 0 Å².